The van der Waals surface area contributed by atoms with E-state index in [-0.39, 0.29) is 0 Å². The Morgan fingerprint density at radius 1 is 1.42 bits per heavy atom. The largest absolute Gasteiger partial charge is 0.360 e. The SMILES string of the molecule is Cc1cc(-n2cnnc2C)no1. The predicted molar refractivity (Wildman–Crippen MR) is 40.9 cm³/mol. The first-order valence-electron chi connectivity index (χ1n) is 3.57. The van der Waals surface area contributed by atoms with Gasteiger partial charge in [0.1, 0.15) is 17.9 Å². The smallest absolute Gasteiger partial charge is 0.182 e. The molecule has 0 aliphatic carbocycles. The molecule has 5 heteroatoms. The second kappa shape index (κ2) is 2.44. The Morgan fingerprint density at radius 3 is 2.75 bits per heavy atom. The van der Waals surface area contributed by atoms with E-state index in [1.54, 1.807) is 10.9 Å². The minimum Gasteiger partial charge on any atom is -0.360 e. The molecule has 2 heterocycles. The standard InChI is InChI=1S/C7H8N4O/c1-5-3-7(10-12-5)11-4-8-9-6(11)2/h3-4H,1-2H3. The molecule has 5 nitrogen and oxygen atoms in total. The number of aromatic nitrogens is 4. The zero-order chi connectivity index (χ0) is 8.55. The van der Waals surface area contributed by atoms with Crippen molar-refractivity contribution < 1.29 is 4.52 Å². The molecule has 2 aromatic heterocycles. The summed E-state index contributed by atoms with van der Waals surface area (Å²) in [6, 6.07) is 1.83. The van der Waals surface area contributed by atoms with Crippen molar-refractivity contribution in [2.45, 2.75) is 13.8 Å². The summed E-state index contributed by atoms with van der Waals surface area (Å²) in [5.41, 5.74) is 0. The second-order valence-corrected chi connectivity index (χ2v) is 2.54. The maximum atomic E-state index is 4.92. The Bertz CT molecular complexity index is 390. The molecule has 2 aromatic rings. The van der Waals surface area contributed by atoms with Crippen LogP contribution in [0.5, 0.6) is 0 Å². The van der Waals surface area contributed by atoms with Gasteiger partial charge in [0.05, 0.1) is 0 Å². The lowest BCUT2D eigenvalue weighted by atomic mass is 10.5. The van der Waals surface area contributed by atoms with Gasteiger partial charge >= 0.3 is 0 Å². The average Bonchev–Trinajstić information content (AvgIpc) is 2.58. The summed E-state index contributed by atoms with van der Waals surface area (Å²) in [6.45, 7) is 3.70. The highest BCUT2D eigenvalue weighted by molar-refractivity contribution is 5.22. The van der Waals surface area contributed by atoms with Crippen LogP contribution >= 0.6 is 0 Å². The van der Waals surface area contributed by atoms with E-state index in [1.807, 2.05) is 19.9 Å². The van der Waals surface area contributed by atoms with E-state index in [0.717, 1.165) is 17.4 Å². The molecule has 0 atom stereocenters. The lowest BCUT2D eigenvalue weighted by Gasteiger charge is -1.93. The minimum absolute atomic E-state index is 0.718. The Morgan fingerprint density at radius 2 is 2.25 bits per heavy atom. The summed E-state index contributed by atoms with van der Waals surface area (Å²) in [5, 5.41) is 11.4. The molecule has 0 aliphatic rings. The molecule has 0 fully saturated rings. The van der Waals surface area contributed by atoms with Gasteiger partial charge in [0.2, 0.25) is 0 Å². The molecular weight excluding hydrogens is 156 g/mol. The van der Waals surface area contributed by atoms with Gasteiger partial charge in [0, 0.05) is 6.07 Å². The maximum absolute atomic E-state index is 4.92. The normalized spacial score (nSPS) is 10.5. The third-order valence-corrected chi connectivity index (χ3v) is 1.58. The molecule has 0 unspecified atom stereocenters. The van der Waals surface area contributed by atoms with Gasteiger partial charge in [-0.15, -0.1) is 10.2 Å². The van der Waals surface area contributed by atoms with Crippen LogP contribution in [0.1, 0.15) is 11.6 Å². The summed E-state index contributed by atoms with van der Waals surface area (Å²) in [4.78, 5) is 0. The molecule has 62 valence electrons. The van der Waals surface area contributed by atoms with Crippen LogP contribution in [0.3, 0.4) is 0 Å². The van der Waals surface area contributed by atoms with Crippen molar-refractivity contribution in [1.82, 2.24) is 19.9 Å². The summed E-state index contributed by atoms with van der Waals surface area (Å²) >= 11 is 0. The molecule has 0 spiro atoms. The van der Waals surface area contributed by atoms with Crippen molar-refractivity contribution in [3.8, 4) is 5.82 Å². The average molecular weight is 164 g/mol. The molecule has 12 heavy (non-hydrogen) atoms. The number of hydrogen-bond acceptors (Lipinski definition) is 4. The van der Waals surface area contributed by atoms with Crippen molar-refractivity contribution in [2.24, 2.45) is 0 Å². The monoisotopic (exact) mass is 164 g/mol. The maximum Gasteiger partial charge on any atom is 0.182 e. The van der Waals surface area contributed by atoms with Gasteiger partial charge < -0.3 is 4.52 Å². The molecule has 2 rings (SSSR count). The highest BCUT2D eigenvalue weighted by Gasteiger charge is 2.05. The zero-order valence-electron chi connectivity index (χ0n) is 6.85. The van der Waals surface area contributed by atoms with Gasteiger partial charge in [-0.3, -0.25) is 4.57 Å². The van der Waals surface area contributed by atoms with Gasteiger partial charge in [-0.05, 0) is 13.8 Å². The quantitative estimate of drug-likeness (QED) is 0.627. The lowest BCUT2D eigenvalue weighted by Crippen LogP contribution is -1.94. The first-order valence-corrected chi connectivity index (χ1v) is 3.57. The van der Waals surface area contributed by atoms with E-state index in [0.29, 0.717) is 0 Å². The van der Waals surface area contributed by atoms with Crippen LogP contribution < -0.4 is 0 Å². The first kappa shape index (κ1) is 7.02. The first-order chi connectivity index (χ1) is 5.77. The molecule has 0 amide bonds. The Balaban J connectivity index is 2.50. The van der Waals surface area contributed by atoms with E-state index in [9.17, 15) is 0 Å². The molecule has 0 saturated heterocycles. The van der Waals surface area contributed by atoms with Gasteiger partial charge in [-0.1, -0.05) is 5.16 Å². The van der Waals surface area contributed by atoms with Gasteiger partial charge in [-0.25, -0.2) is 0 Å². The van der Waals surface area contributed by atoms with Crippen LogP contribution in [0.4, 0.5) is 0 Å². The van der Waals surface area contributed by atoms with Gasteiger partial charge in [0.15, 0.2) is 5.82 Å². The predicted octanol–water partition coefficient (Wildman–Crippen LogP) is 0.872. The number of nitrogens with zero attached hydrogens (tertiary/aromatic N) is 4. The Labute approximate surface area is 69.0 Å². The molecule has 0 bridgehead atoms. The summed E-state index contributed by atoms with van der Waals surface area (Å²) in [5.74, 6) is 2.29. The Kier molecular flexibility index (Phi) is 1.43. The lowest BCUT2D eigenvalue weighted by molar-refractivity contribution is 0.394. The zero-order valence-corrected chi connectivity index (χ0v) is 6.85. The van der Waals surface area contributed by atoms with Gasteiger partial charge in [-0.2, -0.15) is 0 Å². The van der Waals surface area contributed by atoms with E-state index in [1.165, 1.54) is 0 Å². The van der Waals surface area contributed by atoms with Crippen molar-refractivity contribution in [2.75, 3.05) is 0 Å². The third-order valence-electron chi connectivity index (χ3n) is 1.58. The number of hydrogen-bond donors (Lipinski definition) is 0. The van der Waals surface area contributed by atoms with E-state index >= 15 is 0 Å². The molecule has 0 N–H and O–H groups in total. The fourth-order valence-electron chi connectivity index (χ4n) is 0.984. The highest BCUT2D eigenvalue weighted by atomic mass is 16.5. The molecular formula is C7H8N4O. The van der Waals surface area contributed by atoms with Crippen LogP contribution in [0.2, 0.25) is 0 Å². The number of rotatable bonds is 1. The molecule has 0 aliphatic heterocycles. The van der Waals surface area contributed by atoms with Crippen molar-refractivity contribution in [3.63, 3.8) is 0 Å². The highest BCUT2D eigenvalue weighted by Crippen LogP contribution is 2.08. The third kappa shape index (κ3) is 0.990. The van der Waals surface area contributed by atoms with Crippen LogP contribution in [0, 0.1) is 13.8 Å². The minimum atomic E-state index is 0.718. The summed E-state index contributed by atoms with van der Waals surface area (Å²) in [7, 11) is 0. The van der Waals surface area contributed by atoms with E-state index in [4.69, 9.17) is 4.52 Å². The van der Waals surface area contributed by atoms with E-state index in [2.05, 4.69) is 15.4 Å². The molecule has 0 aromatic carbocycles. The van der Waals surface area contributed by atoms with Gasteiger partial charge in [0.25, 0.3) is 0 Å². The van der Waals surface area contributed by atoms with Crippen molar-refractivity contribution in [1.29, 1.82) is 0 Å². The fraction of sp³-hybridized carbons (Fsp3) is 0.286. The second-order valence-electron chi connectivity index (χ2n) is 2.54. The molecule has 0 saturated carbocycles. The van der Waals surface area contributed by atoms with Crippen LogP contribution in [-0.2, 0) is 0 Å². The Hall–Kier alpha value is -1.65. The van der Waals surface area contributed by atoms with E-state index < -0.39 is 0 Å². The van der Waals surface area contributed by atoms with Crippen molar-refractivity contribution in [3.05, 3.63) is 24.0 Å². The fourth-order valence-corrected chi connectivity index (χ4v) is 0.984. The van der Waals surface area contributed by atoms with Crippen LogP contribution in [0.15, 0.2) is 16.9 Å². The topological polar surface area (TPSA) is 56.7 Å². The molecule has 0 radical (unpaired) electrons. The summed E-state index contributed by atoms with van der Waals surface area (Å²) < 4.78 is 6.68. The summed E-state index contributed by atoms with van der Waals surface area (Å²) in [6.07, 6.45) is 1.60. The van der Waals surface area contributed by atoms with Crippen molar-refractivity contribution >= 4 is 0 Å². The van der Waals surface area contributed by atoms with Crippen LogP contribution in [0.25, 0.3) is 5.82 Å². The number of aryl methyl sites for hydroxylation is 2. The van der Waals surface area contributed by atoms with Crippen LogP contribution in [-0.4, -0.2) is 19.9 Å².